The third-order valence-electron chi connectivity index (χ3n) is 4.40. The predicted molar refractivity (Wildman–Crippen MR) is 112 cm³/mol. The number of carbonyl (C=O) groups is 2. The number of nitrogens with zero attached hydrogens (tertiary/aromatic N) is 2. The van der Waals surface area contributed by atoms with Gasteiger partial charge >= 0.3 is 0 Å². The van der Waals surface area contributed by atoms with E-state index in [9.17, 15) is 9.59 Å². The summed E-state index contributed by atoms with van der Waals surface area (Å²) < 4.78 is 0. The molecule has 4 aromatic rings. The first-order valence-electron chi connectivity index (χ1n) is 8.78. The van der Waals surface area contributed by atoms with Gasteiger partial charge in [0.1, 0.15) is 16.9 Å². The fraction of sp³-hybridized carbons (Fsp3) is 0.143. The van der Waals surface area contributed by atoms with Crippen LogP contribution in [0.25, 0.3) is 21.9 Å². The van der Waals surface area contributed by atoms with Crippen LogP contribution in [0.15, 0.2) is 53.8 Å². The van der Waals surface area contributed by atoms with Gasteiger partial charge in [0.2, 0.25) is 5.91 Å². The molecule has 0 aliphatic carbocycles. The van der Waals surface area contributed by atoms with E-state index in [1.54, 1.807) is 24.3 Å². The van der Waals surface area contributed by atoms with E-state index in [0.29, 0.717) is 11.3 Å². The lowest BCUT2D eigenvalue weighted by molar-refractivity contribution is -0.113. The fourth-order valence-corrected chi connectivity index (χ4v) is 3.79. The molecule has 0 saturated carbocycles. The number of carbonyl (C=O) groups excluding carboxylic acids is 2. The number of amides is 1. The molecule has 0 atom stereocenters. The molecule has 2 aromatic heterocycles. The van der Waals surface area contributed by atoms with Gasteiger partial charge in [0.25, 0.3) is 0 Å². The Bertz CT molecular complexity index is 1220. The topological polar surface area (TPSA) is 87.7 Å². The Morgan fingerprint density at radius 2 is 2.00 bits per heavy atom. The van der Waals surface area contributed by atoms with Crippen LogP contribution < -0.4 is 5.32 Å². The van der Waals surface area contributed by atoms with E-state index >= 15 is 0 Å². The van der Waals surface area contributed by atoms with E-state index in [1.165, 1.54) is 25.0 Å². The van der Waals surface area contributed by atoms with Gasteiger partial charge in [0.15, 0.2) is 5.78 Å². The number of thioether (sulfide) groups is 1. The van der Waals surface area contributed by atoms with Crippen LogP contribution in [0, 0.1) is 6.92 Å². The molecule has 7 heteroatoms. The molecule has 0 radical (unpaired) electrons. The zero-order chi connectivity index (χ0) is 19.7. The van der Waals surface area contributed by atoms with Crippen LogP contribution in [-0.2, 0) is 4.79 Å². The van der Waals surface area contributed by atoms with Crippen LogP contribution in [0.5, 0.6) is 0 Å². The van der Waals surface area contributed by atoms with Gasteiger partial charge in [-0.05, 0) is 38.1 Å². The summed E-state index contributed by atoms with van der Waals surface area (Å²) in [6.45, 7) is 3.54. The molecule has 0 saturated heterocycles. The van der Waals surface area contributed by atoms with Crippen molar-refractivity contribution in [3.63, 3.8) is 0 Å². The monoisotopic (exact) mass is 390 g/mol. The number of aromatic nitrogens is 3. The largest absolute Gasteiger partial charge is 0.351 e. The van der Waals surface area contributed by atoms with Crippen LogP contribution in [0.1, 0.15) is 22.8 Å². The minimum Gasteiger partial charge on any atom is -0.351 e. The molecular weight excluding hydrogens is 372 g/mol. The number of Topliss-reactive ketones (excluding diaryl/α,β-unsaturated/α-hetero) is 1. The highest BCUT2D eigenvalue weighted by molar-refractivity contribution is 8.00. The number of hydrogen-bond donors (Lipinski definition) is 2. The maximum atomic E-state index is 12.3. The molecule has 0 aliphatic heterocycles. The second-order valence-electron chi connectivity index (χ2n) is 6.55. The SMILES string of the molecule is CC(=O)c1cccc(NC(=O)CSc2ncnc3c2[nH]c2ccc(C)cc23)c1. The molecular formula is C21H18N4O2S. The van der Waals surface area contributed by atoms with E-state index in [2.05, 4.69) is 26.3 Å². The number of aromatic amines is 1. The van der Waals surface area contributed by atoms with Crippen molar-refractivity contribution in [2.75, 3.05) is 11.1 Å². The molecule has 2 heterocycles. The lowest BCUT2D eigenvalue weighted by Gasteiger charge is -2.06. The molecule has 140 valence electrons. The van der Waals surface area contributed by atoms with Gasteiger partial charge in [-0.25, -0.2) is 9.97 Å². The van der Waals surface area contributed by atoms with Crippen molar-refractivity contribution < 1.29 is 9.59 Å². The van der Waals surface area contributed by atoms with Crippen molar-refractivity contribution in [2.45, 2.75) is 18.9 Å². The lowest BCUT2D eigenvalue weighted by atomic mass is 10.1. The molecule has 0 unspecified atom stereocenters. The van der Waals surface area contributed by atoms with Crippen molar-refractivity contribution in [1.82, 2.24) is 15.0 Å². The molecule has 6 nitrogen and oxygen atoms in total. The number of ketones is 1. The number of H-pyrrole nitrogens is 1. The van der Waals surface area contributed by atoms with Crippen LogP contribution in [0.3, 0.4) is 0 Å². The second kappa shape index (κ2) is 7.44. The zero-order valence-corrected chi connectivity index (χ0v) is 16.3. The van der Waals surface area contributed by atoms with Gasteiger partial charge in [0, 0.05) is 22.2 Å². The fourth-order valence-electron chi connectivity index (χ4n) is 3.04. The third kappa shape index (κ3) is 3.61. The van der Waals surface area contributed by atoms with Gasteiger partial charge in [-0.3, -0.25) is 9.59 Å². The number of nitrogens with one attached hydrogen (secondary N) is 2. The maximum absolute atomic E-state index is 12.3. The van der Waals surface area contributed by atoms with Crippen LogP contribution >= 0.6 is 11.8 Å². The summed E-state index contributed by atoms with van der Waals surface area (Å²) in [6, 6.07) is 13.1. The van der Waals surface area contributed by atoms with E-state index in [4.69, 9.17) is 0 Å². The van der Waals surface area contributed by atoms with Crippen LogP contribution in [0.4, 0.5) is 5.69 Å². The molecule has 4 rings (SSSR count). The summed E-state index contributed by atoms with van der Waals surface area (Å²) in [7, 11) is 0. The summed E-state index contributed by atoms with van der Waals surface area (Å²) in [6.07, 6.45) is 1.52. The van der Waals surface area contributed by atoms with Crippen LogP contribution in [-0.4, -0.2) is 32.4 Å². The first-order chi connectivity index (χ1) is 13.5. The second-order valence-corrected chi connectivity index (χ2v) is 7.51. The Morgan fingerprint density at radius 3 is 2.82 bits per heavy atom. The van der Waals surface area contributed by atoms with Gasteiger partial charge in [-0.2, -0.15) is 0 Å². The Hall–Kier alpha value is -3.19. The predicted octanol–water partition coefficient (Wildman–Crippen LogP) is 4.35. The molecule has 0 bridgehead atoms. The number of fused-ring (bicyclic) bond motifs is 3. The average Bonchev–Trinajstić information content (AvgIpc) is 3.05. The van der Waals surface area contributed by atoms with E-state index in [1.807, 2.05) is 19.1 Å². The Labute approximate surface area is 165 Å². The van der Waals surface area contributed by atoms with Crippen molar-refractivity contribution >= 4 is 51.1 Å². The van der Waals surface area contributed by atoms with Gasteiger partial charge in [-0.15, -0.1) is 0 Å². The number of anilines is 1. The summed E-state index contributed by atoms with van der Waals surface area (Å²) in [5, 5.41) is 4.60. The van der Waals surface area contributed by atoms with Crippen molar-refractivity contribution in [1.29, 1.82) is 0 Å². The smallest absolute Gasteiger partial charge is 0.234 e. The number of benzene rings is 2. The third-order valence-corrected chi connectivity index (χ3v) is 5.38. The highest BCUT2D eigenvalue weighted by Crippen LogP contribution is 2.30. The van der Waals surface area contributed by atoms with Crippen molar-refractivity contribution in [3.8, 4) is 0 Å². The molecule has 0 spiro atoms. The first-order valence-corrected chi connectivity index (χ1v) is 9.76. The minimum absolute atomic E-state index is 0.0390. The van der Waals surface area contributed by atoms with Crippen LogP contribution in [0.2, 0.25) is 0 Å². The molecule has 1 amide bonds. The van der Waals surface area contributed by atoms with Gasteiger partial charge < -0.3 is 10.3 Å². The minimum atomic E-state index is -0.163. The molecule has 0 aliphatic rings. The quantitative estimate of drug-likeness (QED) is 0.300. The maximum Gasteiger partial charge on any atom is 0.234 e. The highest BCUT2D eigenvalue weighted by atomic mass is 32.2. The summed E-state index contributed by atoms with van der Waals surface area (Å²) in [4.78, 5) is 35.9. The number of hydrogen-bond acceptors (Lipinski definition) is 5. The standard InChI is InChI=1S/C21H18N4O2S/c1-12-6-7-17-16(8-12)19-20(25-17)21(23-11-22-19)28-10-18(27)24-15-5-3-4-14(9-15)13(2)26/h3-9,11,25H,10H2,1-2H3,(H,24,27). The summed E-state index contributed by atoms with van der Waals surface area (Å²) in [5.41, 5.74) is 5.01. The molecule has 2 N–H and O–H groups in total. The average molecular weight is 390 g/mol. The van der Waals surface area contributed by atoms with E-state index < -0.39 is 0 Å². The Morgan fingerprint density at radius 1 is 1.14 bits per heavy atom. The number of rotatable bonds is 5. The summed E-state index contributed by atoms with van der Waals surface area (Å²) >= 11 is 1.35. The molecule has 28 heavy (non-hydrogen) atoms. The van der Waals surface area contributed by atoms with Crippen molar-refractivity contribution in [3.05, 3.63) is 59.9 Å². The van der Waals surface area contributed by atoms with Gasteiger partial charge in [0.05, 0.1) is 11.3 Å². The normalized spacial score (nSPS) is 11.1. The lowest BCUT2D eigenvalue weighted by Crippen LogP contribution is -2.14. The first kappa shape index (κ1) is 18.2. The van der Waals surface area contributed by atoms with E-state index in [-0.39, 0.29) is 17.4 Å². The van der Waals surface area contributed by atoms with E-state index in [0.717, 1.165) is 32.5 Å². The zero-order valence-electron chi connectivity index (χ0n) is 15.4. The highest BCUT2D eigenvalue weighted by Gasteiger charge is 2.13. The van der Waals surface area contributed by atoms with Crippen molar-refractivity contribution in [2.24, 2.45) is 0 Å². The molecule has 2 aromatic carbocycles. The molecule has 0 fully saturated rings. The Balaban J connectivity index is 1.52. The summed E-state index contributed by atoms with van der Waals surface area (Å²) in [5.74, 6) is -0.00234. The van der Waals surface area contributed by atoms with Gasteiger partial charge in [-0.1, -0.05) is 35.5 Å². The Kier molecular flexibility index (Phi) is 4.83. The number of aryl methyl sites for hydroxylation is 1.